The fourth-order valence-electron chi connectivity index (χ4n) is 3.51. The predicted molar refractivity (Wildman–Crippen MR) is 108 cm³/mol. The maximum atomic E-state index is 4.80. The molecule has 0 amide bonds. The van der Waals surface area contributed by atoms with E-state index in [1.54, 1.807) is 0 Å². The number of fused-ring (bicyclic) bond motifs is 1. The van der Waals surface area contributed by atoms with Gasteiger partial charge in [0.1, 0.15) is 11.6 Å². The maximum Gasteiger partial charge on any atom is 0.193 e. The van der Waals surface area contributed by atoms with E-state index < -0.39 is 0 Å². The summed E-state index contributed by atoms with van der Waals surface area (Å²) in [5, 5.41) is 12.2. The van der Waals surface area contributed by atoms with Crippen molar-refractivity contribution in [3.63, 3.8) is 0 Å². The van der Waals surface area contributed by atoms with Gasteiger partial charge in [0.2, 0.25) is 0 Å². The number of rotatable bonds is 5. The second-order valence-electron chi connectivity index (χ2n) is 6.53. The summed E-state index contributed by atoms with van der Waals surface area (Å²) in [6.45, 7) is 7.31. The average molecular weight is 446 g/mol. The van der Waals surface area contributed by atoms with Gasteiger partial charge in [0, 0.05) is 45.6 Å². The van der Waals surface area contributed by atoms with Crippen LogP contribution in [0, 0.1) is 0 Å². The summed E-state index contributed by atoms with van der Waals surface area (Å²) in [7, 11) is 0. The monoisotopic (exact) mass is 446 g/mol. The molecular weight excluding hydrogens is 415 g/mol. The zero-order valence-corrected chi connectivity index (χ0v) is 17.2. The molecule has 0 aromatic carbocycles. The molecule has 3 heterocycles. The minimum atomic E-state index is 0. The Morgan fingerprint density at radius 2 is 1.88 bits per heavy atom. The van der Waals surface area contributed by atoms with Crippen LogP contribution >= 0.6 is 24.0 Å². The molecule has 2 aliphatic rings. The van der Waals surface area contributed by atoms with Crippen LogP contribution in [0.25, 0.3) is 0 Å². The Labute approximate surface area is 162 Å². The average Bonchev–Trinajstić information content (AvgIpc) is 3.16. The van der Waals surface area contributed by atoms with Crippen LogP contribution in [0.4, 0.5) is 0 Å². The first-order valence-electron chi connectivity index (χ1n) is 9.32. The zero-order valence-electron chi connectivity index (χ0n) is 14.8. The molecule has 0 saturated carbocycles. The van der Waals surface area contributed by atoms with Gasteiger partial charge in [0.25, 0.3) is 0 Å². The van der Waals surface area contributed by atoms with Crippen molar-refractivity contribution in [3.05, 3.63) is 11.6 Å². The van der Waals surface area contributed by atoms with Crippen molar-refractivity contribution in [2.75, 3.05) is 26.2 Å². The van der Waals surface area contributed by atoms with Crippen molar-refractivity contribution >= 4 is 29.9 Å². The molecule has 24 heavy (non-hydrogen) atoms. The molecule has 136 valence electrons. The first-order chi connectivity index (χ1) is 11.4. The number of aromatic nitrogens is 3. The van der Waals surface area contributed by atoms with Crippen LogP contribution in [0.1, 0.15) is 57.1 Å². The Morgan fingerprint density at radius 1 is 1.08 bits per heavy atom. The van der Waals surface area contributed by atoms with Gasteiger partial charge in [-0.05, 0) is 39.0 Å². The number of aryl methyl sites for hydroxylation is 2. The highest BCUT2D eigenvalue weighted by Gasteiger charge is 2.16. The van der Waals surface area contributed by atoms with Crippen LogP contribution in [0.5, 0.6) is 0 Å². The summed E-state index contributed by atoms with van der Waals surface area (Å²) in [5.74, 6) is 3.43. The third-order valence-corrected chi connectivity index (χ3v) is 4.75. The molecular formula is C17H31IN6. The van der Waals surface area contributed by atoms with E-state index in [-0.39, 0.29) is 24.0 Å². The van der Waals surface area contributed by atoms with Crippen LogP contribution < -0.4 is 5.32 Å². The van der Waals surface area contributed by atoms with E-state index in [1.807, 2.05) is 0 Å². The van der Waals surface area contributed by atoms with Crippen LogP contribution in [0.2, 0.25) is 0 Å². The molecule has 6 nitrogen and oxygen atoms in total. The molecule has 0 bridgehead atoms. The standard InChI is InChI=1S/C17H30N6.HI/c1-2-18-17(22-12-6-7-13-22)19-11-8-10-16-21-20-15-9-4-3-5-14-23(15)16;/h2-14H2,1H3,(H,18,19);1H. The lowest BCUT2D eigenvalue weighted by Gasteiger charge is -2.20. The third kappa shape index (κ3) is 5.07. The van der Waals surface area contributed by atoms with Gasteiger partial charge in [-0.1, -0.05) is 6.42 Å². The molecule has 1 aromatic heterocycles. The molecule has 0 spiro atoms. The molecule has 7 heteroatoms. The molecule has 1 fully saturated rings. The lowest BCUT2D eigenvalue weighted by Crippen LogP contribution is -2.39. The summed E-state index contributed by atoms with van der Waals surface area (Å²) in [4.78, 5) is 7.18. The van der Waals surface area contributed by atoms with E-state index >= 15 is 0 Å². The summed E-state index contributed by atoms with van der Waals surface area (Å²) in [6, 6.07) is 0. The Balaban J connectivity index is 0.00000208. The van der Waals surface area contributed by atoms with Gasteiger partial charge in [-0.2, -0.15) is 0 Å². The zero-order chi connectivity index (χ0) is 15.9. The van der Waals surface area contributed by atoms with Gasteiger partial charge in [-0.15, -0.1) is 34.2 Å². The number of guanidine groups is 1. The van der Waals surface area contributed by atoms with Crippen molar-refractivity contribution in [3.8, 4) is 0 Å². The van der Waals surface area contributed by atoms with Gasteiger partial charge in [0.05, 0.1) is 0 Å². The molecule has 0 radical (unpaired) electrons. The first kappa shape index (κ1) is 19.5. The Bertz CT molecular complexity index is 521. The van der Waals surface area contributed by atoms with Crippen LogP contribution in [0.3, 0.4) is 0 Å². The molecule has 2 aliphatic heterocycles. The molecule has 0 aliphatic carbocycles. The maximum absolute atomic E-state index is 4.80. The predicted octanol–water partition coefficient (Wildman–Crippen LogP) is 2.62. The van der Waals surface area contributed by atoms with E-state index in [0.717, 1.165) is 63.8 Å². The minimum absolute atomic E-state index is 0. The van der Waals surface area contributed by atoms with E-state index in [9.17, 15) is 0 Å². The van der Waals surface area contributed by atoms with Crippen molar-refractivity contribution in [2.45, 2.75) is 64.8 Å². The highest BCUT2D eigenvalue weighted by atomic mass is 127. The SMILES string of the molecule is CCNC(=NCCCc1nnc2n1CCCCC2)N1CCCC1.I. The lowest BCUT2D eigenvalue weighted by atomic mass is 10.2. The topological polar surface area (TPSA) is 58.3 Å². The second-order valence-corrected chi connectivity index (χ2v) is 6.53. The molecule has 3 rings (SSSR count). The highest BCUT2D eigenvalue weighted by molar-refractivity contribution is 14.0. The third-order valence-electron chi connectivity index (χ3n) is 4.75. The van der Waals surface area contributed by atoms with Gasteiger partial charge in [-0.25, -0.2) is 0 Å². The van der Waals surface area contributed by atoms with E-state index in [0.29, 0.717) is 0 Å². The van der Waals surface area contributed by atoms with Crippen LogP contribution in [-0.2, 0) is 19.4 Å². The van der Waals surface area contributed by atoms with Gasteiger partial charge in [0.15, 0.2) is 5.96 Å². The number of aliphatic imine (C=N–C) groups is 1. The first-order valence-corrected chi connectivity index (χ1v) is 9.32. The largest absolute Gasteiger partial charge is 0.357 e. The van der Waals surface area contributed by atoms with Crippen molar-refractivity contribution in [1.82, 2.24) is 25.0 Å². The summed E-state index contributed by atoms with van der Waals surface area (Å²) < 4.78 is 2.35. The number of nitrogens with one attached hydrogen (secondary N) is 1. The number of halogens is 1. The van der Waals surface area contributed by atoms with E-state index in [4.69, 9.17) is 4.99 Å². The van der Waals surface area contributed by atoms with Crippen molar-refractivity contribution in [1.29, 1.82) is 0 Å². The Morgan fingerprint density at radius 3 is 2.67 bits per heavy atom. The van der Waals surface area contributed by atoms with Gasteiger partial charge < -0.3 is 14.8 Å². The molecule has 1 aromatic rings. The van der Waals surface area contributed by atoms with Crippen molar-refractivity contribution in [2.24, 2.45) is 4.99 Å². The summed E-state index contributed by atoms with van der Waals surface area (Å²) >= 11 is 0. The normalized spacial score (nSPS) is 18.0. The number of hydrogen-bond donors (Lipinski definition) is 1. The molecule has 0 atom stereocenters. The van der Waals surface area contributed by atoms with Crippen LogP contribution in [0.15, 0.2) is 4.99 Å². The smallest absolute Gasteiger partial charge is 0.193 e. The second kappa shape index (κ2) is 10.2. The minimum Gasteiger partial charge on any atom is -0.357 e. The Kier molecular flexibility index (Phi) is 8.28. The van der Waals surface area contributed by atoms with E-state index in [2.05, 4.69) is 31.9 Å². The molecule has 1 N–H and O–H groups in total. The summed E-state index contributed by atoms with van der Waals surface area (Å²) in [6.07, 6.45) is 9.52. The lowest BCUT2D eigenvalue weighted by molar-refractivity contribution is 0.493. The fourth-order valence-corrected chi connectivity index (χ4v) is 3.51. The van der Waals surface area contributed by atoms with Gasteiger partial charge >= 0.3 is 0 Å². The Hall–Kier alpha value is -0.860. The highest BCUT2D eigenvalue weighted by Crippen LogP contribution is 2.15. The number of nitrogens with zero attached hydrogens (tertiary/aromatic N) is 5. The quantitative estimate of drug-likeness (QED) is 0.327. The van der Waals surface area contributed by atoms with Crippen LogP contribution in [-0.4, -0.2) is 51.8 Å². The molecule has 1 saturated heterocycles. The van der Waals surface area contributed by atoms with Crippen molar-refractivity contribution < 1.29 is 0 Å². The number of likely N-dealkylation sites (tertiary alicyclic amines) is 1. The fraction of sp³-hybridized carbons (Fsp3) is 0.824. The van der Waals surface area contributed by atoms with E-state index in [1.165, 1.54) is 37.9 Å². The number of hydrogen-bond acceptors (Lipinski definition) is 3. The summed E-state index contributed by atoms with van der Waals surface area (Å²) in [5.41, 5.74) is 0. The molecule has 0 unspecified atom stereocenters. The van der Waals surface area contributed by atoms with Gasteiger partial charge in [-0.3, -0.25) is 4.99 Å².